The average molecular weight is 443 g/mol. The smallest absolute Gasteiger partial charge is 0.0619 e. The molecule has 0 radical (unpaired) electrons. The molecule has 6 rings (SSSR count). The van der Waals surface area contributed by atoms with Gasteiger partial charge in [0, 0.05) is 25.5 Å². The second-order valence-electron chi connectivity index (χ2n) is 6.76. The van der Waals surface area contributed by atoms with Crippen LogP contribution in [-0.4, -0.2) is 4.57 Å². The summed E-state index contributed by atoms with van der Waals surface area (Å²) < 4.78 is 3.71. The number of benzene rings is 4. The molecule has 0 amide bonds. The van der Waals surface area contributed by atoms with E-state index in [9.17, 15) is 0 Å². The molecule has 2 heterocycles. The molecule has 1 aliphatic heterocycles. The fourth-order valence-corrected chi connectivity index (χ4v) is 4.85. The molecule has 0 fully saturated rings. The Morgan fingerprint density at radius 3 is 2.15 bits per heavy atom. The van der Waals surface area contributed by atoms with Gasteiger partial charge in [-0.25, -0.2) is 0 Å². The molecule has 0 spiro atoms. The topological polar surface area (TPSA) is 4.93 Å². The van der Waals surface area contributed by atoms with Gasteiger partial charge in [-0.2, -0.15) is 0 Å². The molecule has 4 aromatic carbocycles. The molecule has 0 aliphatic carbocycles. The maximum Gasteiger partial charge on any atom is 0.0619 e. The average Bonchev–Trinajstić information content (AvgIpc) is 2.96. The minimum absolute atomic E-state index is 1.26. The van der Waals surface area contributed by atoms with E-state index in [1.165, 1.54) is 53.3 Å². The Morgan fingerprint density at radius 1 is 0.577 bits per heavy atom. The lowest BCUT2D eigenvalue weighted by molar-refractivity contribution is 1.19. The van der Waals surface area contributed by atoms with E-state index in [0.29, 0.717) is 0 Å². The lowest BCUT2D eigenvalue weighted by Crippen LogP contribution is -1.96. The van der Waals surface area contributed by atoms with E-state index in [0.717, 1.165) is 0 Å². The highest BCUT2D eigenvalue weighted by Crippen LogP contribution is 2.46. The van der Waals surface area contributed by atoms with Crippen LogP contribution in [-0.2, 0) is 0 Å². The SMILES string of the molecule is Ic1ccc2c(c1)-c1ccccc1-c1cccc3c4ccccc4n-2c13. The Kier molecular flexibility index (Phi) is 2.92. The molecule has 1 aliphatic rings. The van der Waals surface area contributed by atoms with Crippen molar-refractivity contribution in [1.82, 2.24) is 4.57 Å². The number of rotatable bonds is 0. The molecular formula is C24H14IN. The van der Waals surface area contributed by atoms with Gasteiger partial charge in [-0.15, -0.1) is 0 Å². The Labute approximate surface area is 165 Å². The summed E-state index contributed by atoms with van der Waals surface area (Å²) >= 11 is 2.41. The predicted molar refractivity (Wildman–Crippen MR) is 118 cm³/mol. The predicted octanol–water partition coefficient (Wildman–Crippen LogP) is 7.04. The number of halogens is 1. The zero-order chi connectivity index (χ0) is 17.3. The van der Waals surface area contributed by atoms with Gasteiger partial charge >= 0.3 is 0 Å². The van der Waals surface area contributed by atoms with Gasteiger partial charge in [0.15, 0.2) is 0 Å². The van der Waals surface area contributed by atoms with E-state index in [2.05, 4.69) is 112 Å². The lowest BCUT2D eigenvalue weighted by atomic mass is 9.94. The van der Waals surface area contributed by atoms with Crippen molar-refractivity contribution in [3.8, 4) is 27.9 Å². The molecule has 122 valence electrons. The third-order valence-corrected chi connectivity index (χ3v) is 6.07. The second kappa shape index (κ2) is 5.21. The minimum Gasteiger partial charge on any atom is -0.308 e. The summed E-state index contributed by atoms with van der Waals surface area (Å²) in [5, 5.41) is 2.63. The molecule has 0 saturated carbocycles. The van der Waals surface area contributed by atoms with Crippen molar-refractivity contribution in [2.45, 2.75) is 0 Å². The highest BCUT2D eigenvalue weighted by molar-refractivity contribution is 14.1. The van der Waals surface area contributed by atoms with Crippen molar-refractivity contribution >= 4 is 44.4 Å². The summed E-state index contributed by atoms with van der Waals surface area (Å²) in [5.41, 5.74) is 9.05. The van der Waals surface area contributed by atoms with Crippen molar-refractivity contribution in [2.75, 3.05) is 0 Å². The van der Waals surface area contributed by atoms with Crippen LogP contribution in [0.15, 0.2) is 84.9 Å². The van der Waals surface area contributed by atoms with Gasteiger partial charge in [-0.3, -0.25) is 0 Å². The van der Waals surface area contributed by atoms with Crippen LogP contribution in [0.4, 0.5) is 0 Å². The molecule has 0 N–H and O–H groups in total. The van der Waals surface area contributed by atoms with Crippen molar-refractivity contribution in [1.29, 1.82) is 0 Å². The molecule has 1 nitrogen and oxygen atoms in total. The van der Waals surface area contributed by atoms with Gasteiger partial charge in [-0.05, 0) is 58.0 Å². The van der Waals surface area contributed by atoms with Gasteiger partial charge < -0.3 is 4.57 Å². The van der Waals surface area contributed by atoms with E-state index in [1.807, 2.05) is 0 Å². The number of hydrogen-bond donors (Lipinski definition) is 0. The largest absolute Gasteiger partial charge is 0.308 e. The van der Waals surface area contributed by atoms with Crippen molar-refractivity contribution in [2.24, 2.45) is 0 Å². The summed E-state index contributed by atoms with van der Waals surface area (Å²) in [4.78, 5) is 0. The van der Waals surface area contributed by atoms with Gasteiger partial charge in [-0.1, -0.05) is 60.7 Å². The molecular weight excluding hydrogens is 429 g/mol. The fraction of sp³-hybridized carbons (Fsp3) is 0. The summed E-state index contributed by atoms with van der Waals surface area (Å²) in [5.74, 6) is 0. The third-order valence-electron chi connectivity index (χ3n) is 5.40. The lowest BCUT2D eigenvalue weighted by Gasteiger charge is -2.12. The summed E-state index contributed by atoms with van der Waals surface area (Å²) in [7, 11) is 0. The zero-order valence-electron chi connectivity index (χ0n) is 13.9. The van der Waals surface area contributed by atoms with E-state index in [-0.39, 0.29) is 0 Å². The Morgan fingerprint density at radius 2 is 1.27 bits per heavy atom. The number of para-hydroxylation sites is 2. The first-order valence-corrected chi connectivity index (χ1v) is 9.83. The standard InChI is InChI=1S/C24H14IN/c25-15-12-13-23-21(14-15)17-7-2-1-6-16(17)19-9-5-10-20-18-8-3-4-11-22(18)26(23)24(19)20/h1-14H. The monoisotopic (exact) mass is 443 g/mol. The number of aromatic nitrogens is 1. The van der Waals surface area contributed by atoms with Crippen LogP contribution in [0, 0.1) is 3.57 Å². The minimum atomic E-state index is 1.26. The van der Waals surface area contributed by atoms with Gasteiger partial charge in [0.2, 0.25) is 0 Å². The van der Waals surface area contributed by atoms with E-state index in [1.54, 1.807) is 0 Å². The summed E-state index contributed by atoms with van der Waals surface area (Å²) in [6, 6.07) is 31.0. The molecule has 1 aromatic heterocycles. The first kappa shape index (κ1) is 14.6. The molecule has 5 aromatic rings. The first-order chi connectivity index (χ1) is 12.8. The number of fused-ring (bicyclic) bond motifs is 8. The molecule has 0 bridgehead atoms. The van der Waals surface area contributed by atoms with Crippen LogP contribution < -0.4 is 0 Å². The Bertz CT molecular complexity index is 1340. The number of nitrogens with zero attached hydrogens (tertiary/aromatic N) is 1. The van der Waals surface area contributed by atoms with E-state index < -0.39 is 0 Å². The van der Waals surface area contributed by atoms with Crippen LogP contribution in [0.2, 0.25) is 0 Å². The van der Waals surface area contributed by atoms with Gasteiger partial charge in [0.25, 0.3) is 0 Å². The number of hydrogen-bond acceptors (Lipinski definition) is 0. The first-order valence-electron chi connectivity index (χ1n) is 8.75. The van der Waals surface area contributed by atoms with Crippen molar-refractivity contribution in [3.05, 3.63) is 88.5 Å². The second-order valence-corrected chi connectivity index (χ2v) is 8.01. The van der Waals surface area contributed by atoms with Crippen LogP contribution in [0.3, 0.4) is 0 Å². The van der Waals surface area contributed by atoms with Crippen LogP contribution >= 0.6 is 22.6 Å². The Balaban J connectivity index is 1.97. The van der Waals surface area contributed by atoms with E-state index in [4.69, 9.17) is 0 Å². The zero-order valence-corrected chi connectivity index (χ0v) is 16.1. The van der Waals surface area contributed by atoms with Crippen LogP contribution in [0.25, 0.3) is 49.7 Å². The Hall–Kier alpha value is -2.59. The van der Waals surface area contributed by atoms with Gasteiger partial charge in [0.1, 0.15) is 0 Å². The van der Waals surface area contributed by atoms with Crippen LogP contribution in [0.5, 0.6) is 0 Å². The summed E-state index contributed by atoms with van der Waals surface area (Å²) in [6.45, 7) is 0. The molecule has 0 saturated heterocycles. The molecule has 0 unspecified atom stereocenters. The normalized spacial score (nSPS) is 12.0. The fourth-order valence-electron chi connectivity index (χ4n) is 4.36. The molecule has 26 heavy (non-hydrogen) atoms. The molecule has 0 atom stereocenters. The molecule has 2 heteroatoms. The highest BCUT2D eigenvalue weighted by atomic mass is 127. The third kappa shape index (κ3) is 1.80. The quantitative estimate of drug-likeness (QED) is 0.222. The van der Waals surface area contributed by atoms with Crippen molar-refractivity contribution in [3.63, 3.8) is 0 Å². The maximum absolute atomic E-state index is 2.45. The van der Waals surface area contributed by atoms with Crippen LogP contribution in [0.1, 0.15) is 0 Å². The highest BCUT2D eigenvalue weighted by Gasteiger charge is 2.23. The van der Waals surface area contributed by atoms with Gasteiger partial charge in [0.05, 0.1) is 16.7 Å². The summed E-state index contributed by atoms with van der Waals surface area (Å²) in [6.07, 6.45) is 0. The maximum atomic E-state index is 2.45. The van der Waals surface area contributed by atoms with Crippen molar-refractivity contribution < 1.29 is 0 Å². The van der Waals surface area contributed by atoms with E-state index >= 15 is 0 Å².